The molecule has 0 aliphatic heterocycles. The molecule has 0 heterocycles. The van der Waals surface area contributed by atoms with Crippen LogP contribution in [0.25, 0.3) is 0 Å². The SMILES string of the molecule is O=C(Cc1ccc(O)cc1)N/N=C\c1ccccc1C(=O)O. The summed E-state index contributed by atoms with van der Waals surface area (Å²) in [5, 5.41) is 21.9. The molecule has 0 radical (unpaired) electrons. The molecule has 0 saturated heterocycles. The van der Waals surface area contributed by atoms with Gasteiger partial charge in [0.25, 0.3) is 0 Å². The summed E-state index contributed by atoms with van der Waals surface area (Å²) in [7, 11) is 0. The molecule has 0 bridgehead atoms. The van der Waals surface area contributed by atoms with Gasteiger partial charge in [0.15, 0.2) is 0 Å². The van der Waals surface area contributed by atoms with Crippen LogP contribution in [-0.4, -0.2) is 28.3 Å². The molecule has 0 atom stereocenters. The summed E-state index contributed by atoms with van der Waals surface area (Å²) in [6.45, 7) is 0. The topological polar surface area (TPSA) is 99.0 Å². The Bertz CT molecular complexity index is 708. The number of hydrazone groups is 1. The van der Waals surface area contributed by atoms with E-state index in [1.54, 1.807) is 30.3 Å². The van der Waals surface area contributed by atoms with Crippen molar-refractivity contribution in [3.63, 3.8) is 0 Å². The predicted octanol–water partition coefficient (Wildman–Crippen LogP) is 1.78. The van der Waals surface area contributed by atoms with E-state index in [0.717, 1.165) is 5.56 Å². The van der Waals surface area contributed by atoms with Crippen molar-refractivity contribution in [2.24, 2.45) is 5.10 Å². The number of carboxylic acid groups (broad SMARTS) is 1. The number of hydrogen-bond acceptors (Lipinski definition) is 4. The van der Waals surface area contributed by atoms with Crippen LogP contribution < -0.4 is 5.43 Å². The minimum Gasteiger partial charge on any atom is -0.508 e. The third-order valence-corrected chi connectivity index (χ3v) is 2.89. The number of aromatic carboxylic acids is 1. The summed E-state index contributed by atoms with van der Waals surface area (Å²) in [6.07, 6.45) is 1.40. The van der Waals surface area contributed by atoms with E-state index in [-0.39, 0.29) is 23.6 Å². The Morgan fingerprint density at radius 3 is 2.45 bits per heavy atom. The maximum Gasteiger partial charge on any atom is 0.336 e. The average Bonchev–Trinajstić information content (AvgIpc) is 2.50. The molecule has 0 saturated carbocycles. The molecule has 1 amide bonds. The van der Waals surface area contributed by atoms with Gasteiger partial charge in [-0.15, -0.1) is 0 Å². The number of carbonyl (C=O) groups is 2. The predicted molar refractivity (Wildman–Crippen MR) is 80.9 cm³/mol. The van der Waals surface area contributed by atoms with Gasteiger partial charge in [0, 0.05) is 5.56 Å². The van der Waals surface area contributed by atoms with E-state index in [0.29, 0.717) is 5.56 Å². The number of nitrogens with zero attached hydrogens (tertiary/aromatic N) is 1. The first-order valence-corrected chi connectivity index (χ1v) is 6.48. The molecule has 6 heteroatoms. The summed E-state index contributed by atoms with van der Waals surface area (Å²) in [4.78, 5) is 22.7. The number of aromatic hydroxyl groups is 1. The molecule has 0 spiro atoms. The molecule has 0 unspecified atom stereocenters. The molecule has 0 aliphatic rings. The van der Waals surface area contributed by atoms with Gasteiger partial charge in [0.2, 0.25) is 5.91 Å². The fraction of sp³-hybridized carbons (Fsp3) is 0.0625. The van der Waals surface area contributed by atoms with Crippen LogP contribution in [0.5, 0.6) is 5.75 Å². The number of carboxylic acids is 1. The van der Waals surface area contributed by atoms with Crippen LogP contribution in [0.15, 0.2) is 53.6 Å². The van der Waals surface area contributed by atoms with Crippen molar-refractivity contribution >= 4 is 18.1 Å². The molecule has 2 rings (SSSR count). The first-order valence-electron chi connectivity index (χ1n) is 6.48. The van der Waals surface area contributed by atoms with Gasteiger partial charge in [-0.25, -0.2) is 10.2 Å². The van der Waals surface area contributed by atoms with Gasteiger partial charge in [0.1, 0.15) is 5.75 Å². The monoisotopic (exact) mass is 298 g/mol. The highest BCUT2D eigenvalue weighted by Gasteiger charge is 2.07. The second-order valence-electron chi connectivity index (χ2n) is 4.53. The zero-order valence-electron chi connectivity index (χ0n) is 11.6. The summed E-state index contributed by atoms with van der Waals surface area (Å²) in [5.41, 5.74) is 3.58. The van der Waals surface area contributed by atoms with Gasteiger partial charge in [-0.3, -0.25) is 4.79 Å². The molecule has 0 aromatic heterocycles. The van der Waals surface area contributed by atoms with Gasteiger partial charge < -0.3 is 10.2 Å². The molecule has 3 N–H and O–H groups in total. The number of hydrogen-bond donors (Lipinski definition) is 3. The average molecular weight is 298 g/mol. The lowest BCUT2D eigenvalue weighted by molar-refractivity contribution is -0.120. The number of carbonyl (C=O) groups excluding carboxylic acids is 1. The fourth-order valence-electron chi connectivity index (χ4n) is 1.82. The summed E-state index contributed by atoms with van der Waals surface area (Å²) < 4.78 is 0. The van der Waals surface area contributed by atoms with E-state index in [1.807, 2.05) is 0 Å². The quantitative estimate of drug-likeness (QED) is 0.579. The third-order valence-electron chi connectivity index (χ3n) is 2.89. The highest BCUT2D eigenvalue weighted by atomic mass is 16.4. The van der Waals surface area contributed by atoms with Gasteiger partial charge >= 0.3 is 5.97 Å². The molecule has 112 valence electrons. The highest BCUT2D eigenvalue weighted by Crippen LogP contribution is 2.10. The Balaban J connectivity index is 1.96. The molecule has 2 aromatic carbocycles. The highest BCUT2D eigenvalue weighted by molar-refractivity contribution is 5.98. The van der Waals surface area contributed by atoms with Crippen molar-refractivity contribution in [3.8, 4) is 5.75 Å². The van der Waals surface area contributed by atoms with Crippen molar-refractivity contribution < 1.29 is 19.8 Å². The lowest BCUT2D eigenvalue weighted by Gasteiger charge is -2.02. The van der Waals surface area contributed by atoms with E-state index < -0.39 is 5.97 Å². The molecule has 22 heavy (non-hydrogen) atoms. The lowest BCUT2D eigenvalue weighted by Crippen LogP contribution is -2.19. The van der Waals surface area contributed by atoms with E-state index in [4.69, 9.17) is 10.2 Å². The van der Waals surface area contributed by atoms with E-state index >= 15 is 0 Å². The number of phenols is 1. The third kappa shape index (κ3) is 4.17. The number of amides is 1. The van der Waals surface area contributed by atoms with Crippen LogP contribution in [0.3, 0.4) is 0 Å². The maximum absolute atomic E-state index is 11.7. The second kappa shape index (κ2) is 7.03. The van der Waals surface area contributed by atoms with Crippen LogP contribution >= 0.6 is 0 Å². The number of benzene rings is 2. The lowest BCUT2D eigenvalue weighted by atomic mass is 10.1. The standard InChI is InChI=1S/C16H14N2O4/c19-13-7-5-11(6-8-13)9-15(20)18-17-10-12-3-1-2-4-14(12)16(21)22/h1-8,10,19H,9H2,(H,18,20)(H,21,22)/b17-10-. The van der Waals surface area contributed by atoms with Gasteiger partial charge in [-0.05, 0) is 23.8 Å². The van der Waals surface area contributed by atoms with Crippen molar-refractivity contribution in [2.45, 2.75) is 6.42 Å². The van der Waals surface area contributed by atoms with E-state index in [9.17, 15) is 9.59 Å². The van der Waals surface area contributed by atoms with Crippen molar-refractivity contribution in [2.75, 3.05) is 0 Å². The van der Waals surface area contributed by atoms with Crippen LogP contribution in [-0.2, 0) is 11.2 Å². The molecule has 6 nitrogen and oxygen atoms in total. The van der Waals surface area contributed by atoms with Crippen LogP contribution in [0.4, 0.5) is 0 Å². The van der Waals surface area contributed by atoms with Crippen LogP contribution in [0, 0.1) is 0 Å². The Hall–Kier alpha value is -3.15. The largest absolute Gasteiger partial charge is 0.508 e. The summed E-state index contributed by atoms with van der Waals surface area (Å²) in [5.74, 6) is -1.26. The van der Waals surface area contributed by atoms with Crippen molar-refractivity contribution in [3.05, 3.63) is 65.2 Å². The Morgan fingerprint density at radius 2 is 1.77 bits per heavy atom. The van der Waals surface area contributed by atoms with Gasteiger partial charge in [-0.2, -0.15) is 5.10 Å². The fourth-order valence-corrected chi connectivity index (χ4v) is 1.82. The molecular weight excluding hydrogens is 284 g/mol. The number of rotatable bonds is 5. The van der Waals surface area contributed by atoms with Gasteiger partial charge in [0.05, 0.1) is 18.2 Å². The van der Waals surface area contributed by atoms with Gasteiger partial charge in [-0.1, -0.05) is 30.3 Å². The van der Waals surface area contributed by atoms with Crippen molar-refractivity contribution in [1.29, 1.82) is 0 Å². The zero-order valence-corrected chi connectivity index (χ0v) is 11.6. The Labute approximate surface area is 126 Å². The maximum atomic E-state index is 11.7. The van der Waals surface area contributed by atoms with Crippen LogP contribution in [0.1, 0.15) is 21.5 Å². The first kappa shape index (κ1) is 15.2. The minimum absolute atomic E-state index is 0.109. The summed E-state index contributed by atoms with van der Waals surface area (Å²) in [6, 6.07) is 12.6. The van der Waals surface area contributed by atoms with E-state index in [1.165, 1.54) is 24.4 Å². The normalized spacial score (nSPS) is 10.5. The number of nitrogens with one attached hydrogen (secondary N) is 1. The van der Waals surface area contributed by atoms with Crippen molar-refractivity contribution in [1.82, 2.24) is 5.43 Å². The smallest absolute Gasteiger partial charge is 0.336 e. The molecule has 0 fully saturated rings. The Kier molecular flexibility index (Phi) is 4.87. The zero-order chi connectivity index (χ0) is 15.9. The molecule has 0 aliphatic carbocycles. The van der Waals surface area contributed by atoms with Crippen LogP contribution in [0.2, 0.25) is 0 Å². The second-order valence-corrected chi connectivity index (χ2v) is 4.53. The Morgan fingerprint density at radius 1 is 1.09 bits per heavy atom. The number of phenolic OH excluding ortho intramolecular Hbond substituents is 1. The molecular formula is C16H14N2O4. The first-order chi connectivity index (χ1) is 10.6. The minimum atomic E-state index is -1.06. The molecule has 2 aromatic rings. The summed E-state index contributed by atoms with van der Waals surface area (Å²) >= 11 is 0. The van der Waals surface area contributed by atoms with E-state index in [2.05, 4.69) is 10.5 Å².